The second-order valence-electron chi connectivity index (χ2n) is 6.30. The average molecular weight is 401 g/mol. The molecule has 2 aromatic heterocycles. The number of hydrogen-bond acceptors (Lipinski definition) is 6. The van der Waals surface area contributed by atoms with E-state index in [1.807, 2.05) is 32.9 Å². The van der Waals surface area contributed by atoms with Gasteiger partial charge in [0.2, 0.25) is 17.7 Å². The maximum absolute atomic E-state index is 13.1. The molecule has 28 heavy (non-hydrogen) atoms. The molecular weight excluding hydrogens is 380 g/mol. The zero-order valence-electron chi connectivity index (χ0n) is 15.9. The summed E-state index contributed by atoms with van der Waals surface area (Å²) in [6.07, 6.45) is 1.59. The van der Waals surface area contributed by atoms with Gasteiger partial charge < -0.3 is 14.1 Å². The first-order valence-corrected chi connectivity index (χ1v) is 9.35. The van der Waals surface area contributed by atoms with E-state index in [4.69, 9.17) is 20.8 Å². The minimum absolute atomic E-state index is 0.0992. The first kappa shape index (κ1) is 19.8. The Morgan fingerprint density at radius 2 is 2.00 bits per heavy atom. The van der Waals surface area contributed by atoms with Crippen molar-refractivity contribution in [1.29, 1.82) is 0 Å². The molecule has 146 valence electrons. The van der Waals surface area contributed by atoms with Gasteiger partial charge in [0.05, 0.1) is 23.7 Å². The Bertz CT molecular complexity index is 958. The van der Waals surface area contributed by atoms with Gasteiger partial charge in [-0.2, -0.15) is 0 Å². The molecule has 0 spiro atoms. The van der Waals surface area contributed by atoms with Crippen LogP contribution in [-0.2, 0) is 6.54 Å². The summed E-state index contributed by atoms with van der Waals surface area (Å²) in [7, 11) is 0. The average Bonchev–Trinajstić information content (AvgIpc) is 3.15. The Hall–Kier alpha value is -2.93. The molecule has 1 amide bonds. The molecule has 0 aliphatic rings. The van der Waals surface area contributed by atoms with Gasteiger partial charge in [-0.05, 0) is 45.0 Å². The van der Waals surface area contributed by atoms with Crippen LogP contribution in [0, 0.1) is 0 Å². The SMILES string of the molecule is CCOc1ncccc1C(=O)N(Cc1nnc(-c2ccccc2Cl)o1)C(C)C. The fraction of sp³-hybridized carbons (Fsp3) is 0.300. The molecule has 0 atom stereocenters. The molecule has 0 aliphatic carbocycles. The molecule has 0 radical (unpaired) electrons. The Labute approximate surface area is 168 Å². The van der Waals surface area contributed by atoms with Crippen LogP contribution in [0.4, 0.5) is 0 Å². The number of amides is 1. The number of rotatable bonds is 7. The van der Waals surface area contributed by atoms with Gasteiger partial charge in [-0.1, -0.05) is 23.7 Å². The highest BCUT2D eigenvalue weighted by Gasteiger charge is 2.25. The number of hydrogen-bond donors (Lipinski definition) is 0. The summed E-state index contributed by atoms with van der Waals surface area (Å²) < 4.78 is 11.2. The van der Waals surface area contributed by atoms with Gasteiger partial charge in [-0.15, -0.1) is 10.2 Å². The minimum atomic E-state index is -0.218. The smallest absolute Gasteiger partial charge is 0.260 e. The molecule has 0 N–H and O–H groups in total. The van der Waals surface area contributed by atoms with Gasteiger partial charge in [0, 0.05) is 12.2 Å². The van der Waals surface area contributed by atoms with E-state index in [2.05, 4.69) is 15.2 Å². The van der Waals surface area contributed by atoms with Crippen LogP contribution in [0.1, 0.15) is 37.0 Å². The molecular formula is C20H21ClN4O3. The number of halogens is 1. The molecule has 7 nitrogen and oxygen atoms in total. The van der Waals surface area contributed by atoms with Gasteiger partial charge in [0.15, 0.2) is 0 Å². The molecule has 8 heteroatoms. The first-order valence-electron chi connectivity index (χ1n) is 8.97. The fourth-order valence-corrected chi connectivity index (χ4v) is 2.87. The summed E-state index contributed by atoms with van der Waals surface area (Å²) in [5.41, 5.74) is 1.04. The second kappa shape index (κ2) is 8.84. The predicted octanol–water partition coefficient (Wildman–Crippen LogP) is 4.23. The van der Waals surface area contributed by atoms with Crippen molar-refractivity contribution >= 4 is 17.5 Å². The summed E-state index contributed by atoms with van der Waals surface area (Å²) >= 11 is 6.19. The third kappa shape index (κ3) is 4.31. The maximum Gasteiger partial charge on any atom is 0.260 e. The molecule has 0 bridgehead atoms. The van der Waals surface area contributed by atoms with Crippen LogP contribution in [0.5, 0.6) is 5.88 Å². The van der Waals surface area contributed by atoms with E-state index in [0.717, 1.165) is 0 Å². The van der Waals surface area contributed by atoms with Gasteiger partial charge in [0.25, 0.3) is 5.91 Å². The zero-order chi connectivity index (χ0) is 20.1. The number of carbonyl (C=O) groups excluding carboxylic acids is 1. The Balaban J connectivity index is 1.85. The number of pyridine rings is 1. The molecule has 0 unspecified atom stereocenters. The monoisotopic (exact) mass is 400 g/mol. The van der Waals surface area contributed by atoms with Crippen molar-refractivity contribution in [2.75, 3.05) is 6.61 Å². The lowest BCUT2D eigenvalue weighted by Crippen LogP contribution is -2.36. The van der Waals surface area contributed by atoms with Crippen molar-refractivity contribution in [3.63, 3.8) is 0 Å². The van der Waals surface area contributed by atoms with Crippen molar-refractivity contribution in [2.45, 2.75) is 33.4 Å². The quantitative estimate of drug-likeness (QED) is 0.590. The highest BCUT2D eigenvalue weighted by Crippen LogP contribution is 2.27. The van der Waals surface area contributed by atoms with Crippen LogP contribution >= 0.6 is 11.6 Å². The van der Waals surface area contributed by atoms with Gasteiger partial charge in [-0.3, -0.25) is 4.79 Å². The van der Waals surface area contributed by atoms with E-state index in [1.165, 1.54) is 0 Å². The van der Waals surface area contributed by atoms with Gasteiger partial charge in [0.1, 0.15) is 5.56 Å². The molecule has 0 saturated heterocycles. The van der Waals surface area contributed by atoms with Crippen LogP contribution in [0.3, 0.4) is 0 Å². The number of carbonyl (C=O) groups is 1. The van der Waals surface area contributed by atoms with Crippen LogP contribution in [0.2, 0.25) is 5.02 Å². The summed E-state index contributed by atoms with van der Waals surface area (Å²) in [5, 5.41) is 8.66. The molecule has 0 fully saturated rings. The van der Waals surface area contributed by atoms with Crippen LogP contribution < -0.4 is 4.74 Å². The predicted molar refractivity (Wildman–Crippen MR) is 105 cm³/mol. The summed E-state index contributed by atoms with van der Waals surface area (Å²) in [6, 6.07) is 10.5. The number of nitrogens with zero attached hydrogens (tertiary/aromatic N) is 4. The van der Waals surface area contributed by atoms with E-state index in [-0.39, 0.29) is 18.5 Å². The molecule has 0 aliphatic heterocycles. The van der Waals surface area contributed by atoms with Crippen molar-refractivity contribution in [2.24, 2.45) is 0 Å². The molecule has 0 saturated carbocycles. The van der Waals surface area contributed by atoms with E-state index in [0.29, 0.717) is 40.4 Å². The number of aromatic nitrogens is 3. The number of ether oxygens (including phenoxy) is 1. The third-order valence-corrected chi connectivity index (χ3v) is 4.37. The van der Waals surface area contributed by atoms with Crippen molar-refractivity contribution in [3.8, 4) is 17.3 Å². The van der Waals surface area contributed by atoms with Crippen LogP contribution in [0.25, 0.3) is 11.5 Å². The van der Waals surface area contributed by atoms with Gasteiger partial charge in [-0.25, -0.2) is 4.98 Å². The van der Waals surface area contributed by atoms with Gasteiger partial charge >= 0.3 is 0 Å². The highest BCUT2D eigenvalue weighted by molar-refractivity contribution is 6.33. The number of benzene rings is 1. The second-order valence-corrected chi connectivity index (χ2v) is 6.70. The van der Waals surface area contributed by atoms with E-state index >= 15 is 0 Å². The maximum atomic E-state index is 13.1. The van der Waals surface area contributed by atoms with E-state index in [1.54, 1.807) is 35.4 Å². The third-order valence-electron chi connectivity index (χ3n) is 4.04. The van der Waals surface area contributed by atoms with Crippen molar-refractivity contribution < 1.29 is 13.9 Å². The topological polar surface area (TPSA) is 81.4 Å². The standard InChI is InChI=1S/C20H21ClN4O3/c1-4-27-18-15(9-7-11-22-18)20(26)25(13(2)3)12-17-23-24-19(28-17)14-8-5-6-10-16(14)21/h5-11,13H,4,12H2,1-3H3. The Morgan fingerprint density at radius 3 is 2.71 bits per heavy atom. The molecule has 1 aromatic carbocycles. The lowest BCUT2D eigenvalue weighted by atomic mass is 10.2. The Morgan fingerprint density at radius 1 is 1.21 bits per heavy atom. The summed E-state index contributed by atoms with van der Waals surface area (Å²) in [4.78, 5) is 18.9. The first-order chi connectivity index (χ1) is 13.5. The van der Waals surface area contributed by atoms with Crippen LogP contribution in [-0.4, -0.2) is 38.6 Å². The summed E-state index contributed by atoms with van der Waals surface area (Å²) in [6.45, 7) is 6.26. The zero-order valence-corrected chi connectivity index (χ0v) is 16.7. The van der Waals surface area contributed by atoms with Crippen molar-refractivity contribution in [3.05, 3.63) is 59.1 Å². The molecule has 2 heterocycles. The van der Waals surface area contributed by atoms with Crippen LogP contribution in [0.15, 0.2) is 47.0 Å². The largest absolute Gasteiger partial charge is 0.477 e. The highest BCUT2D eigenvalue weighted by atomic mass is 35.5. The van der Waals surface area contributed by atoms with Crippen molar-refractivity contribution in [1.82, 2.24) is 20.1 Å². The Kier molecular flexibility index (Phi) is 6.26. The lowest BCUT2D eigenvalue weighted by molar-refractivity contribution is 0.0667. The lowest BCUT2D eigenvalue weighted by Gasteiger charge is -2.25. The van der Waals surface area contributed by atoms with E-state index in [9.17, 15) is 4.79 Å². The molecule has 3 rings (SSSR count). The normalized spacial score (nSPS) is 10.9. The minimum Gasteiger partial charge on any atom is -0.477 e. The molecule has 3 aromatic rings. The van der Waals surface area contributed by atoms with E-state index < -0.39 is 0 Å². The summed E-state index contributed by atoms with van der Waals surface area (Å²) in [5.74, 6) is 0.721. The fourth-order valence-electron chi connectivity index (χ4n) is 2.66.